The van der Waals surface area contributed by atoms with Crippen molar-refractivity contribution in [1.82, 2.24) is 9.88 Å². The predicted molar refractivity (Wildman–Crippen MR) is 59.6 cm³/mol. The van der Waals surface area contributed by atoms with E-state index in [0.29, 0.717) is 5.69 Å². The molecular formula is C11H15N3O2. The number of amides is 2. The maximum absolute atomic E-state index is 12.0. The van der Waals surface area contributed by atoms with Crippen molar-refractivity contribution in [1.29, 1.82) is 0 Å². The van der Waals surface area contributed by atoms with Crippen LogP contribution in [0, 0.1) is 0 Å². The second-order valence-corrected chi connectivity index (χ2v) is 3.71. The number of carbonyl (C=O) groups excluding carboxylic acids is 2. The zero-order valence-corrected chi connectivity index (χ0v) is 9.38. The van der Waals surface area contributed by atoms with Crippen LogP contribution in [0.1, 0.15) is 24.3 Å². The van der Waals surface area contributed by atoms with Crippen LogP contribution in [0.3, 0.4) is 0 Å². The highest BCUT2D eigenvalue weighted by Crippen LogP contribution is 2.05. The number of hydrogen-bond acceptors (Lipinski definition) is 3. The van der Waals surface area contributed by atoms with E-state index in [1.165, 1.54) is 11.1 Å². The zero-order valence-electron chi connectivity index (χ0n) is 9.38. The fourth-order valence-corrected chi connectivity index (χ4v) is 1.29. The molecule has 0 saturated carbocycles. The maximum atomic E-state index is 12.0. The molecule has 1 rings (SSSR count). The molecule has 0 unspecified atom stereocenters. The molecule has 0 atom stereocenters. The van der Waals surface area contributed by atoms with Crippen LogP contribution in [0.25, 0.3) is 0 Å². The van der Waals surface area contributed by atoms with Gasteiger partial charge in [-0.15, -0.1) is 0 Å². The van der Waals surface area contributed by atoms with E-state index < -0.39 is 5.91 Å². The first-order valence-electron chi connectivity index (χ1n) is 5.02. The average molecular weight is 221 g/mol. The van der Waals surface area contributed by atoms with Gasteiger partial charge in [0.05, 0.1) is 6.54 Å². The first-order valence-corrected chi connectivity index (χ1v) is 5.02. The Balaban J connectivity index is 2.88. The van der Waals surface area contributed by atoms with E-state index in [1.54, 1.807) is 18.2 Å². The van der Waals surface area contributed by atoms with E-state index in [2.05, 4.69) is 4.98 Å². The molecule has 0 radical (unpaired) electrons. The smallest absolute Gasteiger partial charge is 0.273 e. The van der Waals surface area contributed by atoms with Gasteiger partial charge in [0.1, 0.15) is 5.69 Å². The summed E-state index contributed by atoms with van der Waals surface area (Å²) in [5, 5.41) is 0. The van der Waals surface area contributed by atoms with Crippen molar-refractivity contribution in [2.45, 2.75) is 19.9 Å². The molecule has 86 valence electrons. The fraction of sp³-hybridized carbons (Fsp3) is 0.364. The lowest BCUT2D eigenvalue weighted by Gasteiger charge is -2.24. The van der Waals surface area contributed by atoms with Gasteiger partial charge in [-0.3, -0.25) is 14.6 Å². The van der Waals surface area contributed by atoms with E-state index in [1.807, 2.05) is 13.8 Å². The van der Waals surface area contributed by atoms with Crippen molar-refractivity contribution in [3.8, 4) is 0 Å². The summed E-state index contributed by atoms with van der Waals surface area (Å²) in [7, 11) is 0. The second-order valence-electron chi connectivity index (χ2n) is 3.71. The highest BCUT2D eigenvalue weighted by molar-refractivity contribution is 5.94. The number of pyridine rings is 1. The van der Waals surface area contributed by atoms with Crippen LogP contribution in [0.4, 0.5) is 0 Å². The first-order chi connectivity index (χ1) is 7.52. The highest BCUT2D eigenvalue weighted by Gasteiger charge is 2.20. The number of aromatic nitrogens is 1. The molecule has 0 saturated heterocycles. The Labute approximate surface area is 94.3 Å². The summed E-state index contributed by atoms with van der Waals surface area (Å²) in [6, 6.07) is 4.97. The van der Waals surface area contributed by atoms with Crippen molar-refractivity contribution < 1.29 is 9.59 Å². The summed E-state index contributed by atoms with van der Waals surface area (Å²) >= 11 is 0. The number of carbonyl (C=O) groups is 2. The quantitative estimate of drug-likeness (QED) is 0.800. The van der Waals surface area contributed by atoms with Gasteiger partial charge in [0.25, 0.3) is 5.91 Å². The van der Waals surface area contributed by atoms with Crippen LogP contribution in [-0.2, 0) is 4.79 Å². The summed E-state index contributed by atoms with van der Waals surface area (Å²) in [6.07, 6.45) is 1.54. The van der Waals surface area contributed by atoms with Gasteiger partial charge in [0.2, 0.25) is 5.91 Å². The van der Waals surface area contributed by atoms with Gasteiger partial charge in [0, 0.05) is 12.2 Å². The van der Waals surface area contributed by atoms with Gasteiger partial charge in [-0.2, -0.15) is 0 Å². The SMILES string of the molecule is CC(C)N(CC(N)=O)C(=O)c1ccccn1. The Morgan fingerprint density at radius 2 is 2.12 bits per heavy atom. The lowest BCUT2D eigenvalue weighted by atomic mass is 10.2. The molecule has 0 aliphatic carbocycles. The maximum Gasteiger partial charge on any atom is 0.273 e. The molecule has 0 fully saturated rings. The van der Waals surface area contributed by atoms with Crippen LogP contribution < -0.4 is 5.73 Å². The molecule has 0 aromatic carbocycles. The molecule has 2 N–H and O–H groups in total. The number of rotatable bonds is 4. The third-order valence-electron chi connectivity index (χ3n) is 2.09. The van der Waals surface area contributed by atoms with Gasteiger partial charge in [0.15, 0.2) is 0 Å². The fourth-order valence-electron chi connectivity index (χ4n) is 1.29. The molecule has 1 aromatic rings. The van der Waals surface area contributed by atoms with Crippen LogP contribution in [0.2, 0.25) is 0 Å². The molecule has 1 heterocycles. The van der Waals surface area contributed by atoms with Crippen molar-refractivity contribution in [2.24, 2.45) is 5.73 Å². The van der Waals surface area contributed by atoms with Crippen LogP contribution in [-0.4, -0.2) is 34.3 Å². The Bertz CT molecular complexity index is 376. The first kappa shape index (κ1) is 12.2. The van der Waals surface area contributed by atoms with Gasteiger partial charge in [-0.25, -0.2) is 0 Å². The molecule has 5 nitrogen and oxygen atoms in total. The summed E-state index contributed by atoms with van der Waals surface area (Å²) in [4.78, 5) is 28.2. The van der Waals surface area contributed by atoms with E-state index in [-0.39, 0.29) is 18.5 Å². The van der Waals surface area contributed by atoms with Gasteiger partial charge < -0.3 is 10.6 Å². The molecule has 0 bridgehead atoms. The van der Waals surface area contributed by atoms with Crippen LogP contribution >= 0.6 is 0 Å². The minimum absolute atomic E-state index is 0.0902. The molecule has 5 heteroatoms. The number of primary amides is 1. The molecule has 2 amide bonds. The van der Waals surface area contributed by atoms with E-state index in [0.717, 1.165) is 0 Å². The minimum atomic E-state index is -0.530. The topological polar surface area (TPSA) is 76.3 Å². The summed E-state index contributed by atoms with van der Waals surface area (Å²) < 4.78 is 0. The third kappa shape index (κ3) is 3.05. The summed E-state index contributed by atoms with van der Waals surface area (Å²) in [6.45, 7) is 3.56. The Kier molecular flexibility index (Phi) is 3.99. The molecule has 1 aromatic heterocycles. The number of hydrogen-bond donors (Lipinski definition) is 1. The Morgan fingerprint density at radius 1 is 1.44 bits per heavy atom. The second kappa shape index (κ2) is 5.25. The average Bonchev–Trinajstić information content (AvgIpc) is 2.25. The van der Waals surface area contributed by atoms with Crippen molar-refractivity contribution >= 4 is 11.8 Å². The number of nitrogens with two attached hydrogens (primary N) is 1. The lowest BCUT2D eigenvalue weighted by molar-refractivity contribution is -0.119. The normalized spacial score (nSPS) is 10.2. The predicted octanol–water partition coefficient (Wildman–Crippen LogP) is 0.417. The molecule has 0 aliphatic heterocycles. The minimum Gasteiger partial charge on any atom is -0.368 e. The van der Waals surface area contributed by atoms with E-state index in [4.69, 9.17) is 5.73 Å². The standard InChI is InChI=1S/C11H15N3O2/c1-8(2)14(7-10(12)15)11(16)9-5-3-4-6-13-9/h3-6,8H,7H2,1-2H3,(H2,12,15). The summed E-state index contributed by atoms with van der Waals surface area (Å²) in [5.74, 6) is -0.813. The Morgan fingerprint density at radius 3 is 2.56 bits per heavy atom. The zero-order chi connectivity index (χ0) is 12.1. The van der Waals surface area contributed by atoms with Crippen LogP contribution in [0.15, 0.2) is 24.4 Å². The monoisotopic (exact) mass is 221 g/mol. The largest absolute Gasteiger partial charge is 0.368 e. The van der Waals surface area contributed by atoms with E-state index >= 15 is 0 Å². The molecule has 0 aliphatic rings. The Hall–Kier alpha value is -1.91. The molecule has 0 spiro atoms. The van der Waals surface area contributed by atoms with E-state index in [9.17, 15) is 9.59 Å². The van der Waals surface area contributed by atoms with Crippen molar-refractivity contribution in [3.05, 3.63) is 30.1 Å². The van der Waals surface area contributed by atoms with Crippen molar-refractivity contribution in [2.75, 3.05) is 6.54 Å². The summed E-state index contributed by atoms with van der Waals surface area (Å²) in [5.41, 5.74) is 5.41. The van der Waals surface area contributed by atoms with Gasteiger partial charge in [-0.05, 0) is 26.0 Å². The molecule has 16 heavy (non-hydrogen) atoms. The third-order valence-corrected chi connectivity index (χ3v) is 2.09. The highest BCUT2D eigenvalue weighted by atomic mass is 16.2. The van der Waals surface area contributed by atoms with Crippen LogP contribution in [0.5, 0.6) is 0 Å². The van der Waals surface area contributed by atoms with Gasteiger partial charge >= 0.3 is 0 Å². The molecular weight excluding hydrogens is 206 g/mol. The lowest BCUT2D eigenvalue weighted by Crippen LogP contribution is -2.43. The van der Waals surface area contributed by atoms with Gasteiger partial charge in [-0.1, -0.05) is 6.07 Å². The number of nitrogens with zero attached hydrogens (tertiary/aromatic N) is 2. The van der Waals surface area contributed by atoms with Crippen molar-refractivity contribution in [3.63, 3.8) is 0 Å².